The Balaban J connectivity index is 1.52. The monoisotopic (exact) mass is 469 g/mol. The molecule has 0 N–H and O–H groups in total. The number of amides is 1. The van der Waals surface area contributed by atoms with E-state index in [0.29, 0.717) is 25.2 Å². The average molecular weight is 470 g/mol. The van der Waals surface area contributed by atoms with Crippen LogP contribution in [-0.4, -0.2) is 52.9 Å². The second-order valence-corrected chi connectivity index (χ2v) is 8.75. The van der Waals surface area contributed by atoms with Crippen molar-refractivity contribution >= 4 is 11.6 Å². The van der Waals surface area contributed by atoms with Gasteiger partial charge in [-0.15, -0.1) is 0 Å². The number of hydrogen-bond donors (Lipinski definition) is 0. The molecular formula is C27H27N5O3. The van der Waals surface area contributed by atoms with Crippen molar-refractivity contribution in [2.45, 2.75) is 13.0 Å². The molecule has 8 heteroatoms. The number of carbonyl (C=O) groups is 1. The summed E-state index contributed by atoms with van der Waals surface area (Å²) in [7, 11) is 5.62. The highest BCUT2D eigenvalue weighted by Crippen LogP contribution is 2.30. The molecule has 8 nitrogen and oxygen atoms in total. The Kier molecular flexibility index (Phi) is 5.96. The largest absolute Gasteiger partial charge is 0.497 e. The number of anilines is 1. The van der Waals surface area contributed by atoms with Gasteiger partial charge in [0, 0.05) is 42.3 Å². The third kappa shape index (κ3) is 4.24. The van der Waals surface area contributed by atoms with Crippen LogP contribution < -0.4 is 15.2 Å². The van der Waals surface area contributed by atoms with Gasteiger partial charge in [-0.2, -0.15) is 5.10 Å². The summed E-state index contributed by atoms with van der Waals surface area (Å²) in [6.07, 6.45) is 2.44. The quantitative estimate of drug-likeness (QED) is 0.433. The average Bonchev–Trinajstić information content (AvgIpc) is 3.23. The van der Waals surface area contributed by atoms with Crippen LogP contribution in [0.15, 0.2) is 77.7 Å². The van der Waals surface area contributed by atoms with E-state index < -0.39 is 0 Å². The zero-order valence-electron chi connectivity index (χ0n) is 20.0. The van der Waals surface area contributed by atoms with E-state index in [4.69, 9.17) is 9.84 Å². The summed E-state index contributed by atoms with van der Waals surface area (Å²) in [4.78, 5) is 29.8. The van der Waals surface area contributed by atoms with E-state index in [1.54, 1.807) is 33.5 Å². The van der Waals surface area contributed by atoms with Crippen LogP contribution in [0.2, 0.25) is 0 Å². The van der Waals surface area contributed by atoms with Gasteiger partial charge in [0.2, 0.25) is 0 Å². The zero-order valence-corrected chi connectivity index (χ0v) is 20.0. The number of rotatable bonds is 6. The Hall–Kier alpha value is -4.17. The molecule has 5 rings (SSSR count). The molecule has 1 amide bonds. The number of aromatic nitrogens is 3. The van der Waals surface area contributed by atoms with E-state index in [9.17, 15) is 9.59 Å². The van der Waals surface area contributed by atoms with Crippen molar-refractivity contribution in [2.75, 3.05) is 32.6 Å². The van der Waals surface area contributed by atoms with Gasteiger partial charge in [-0.25, -0.2) is 4.68 Å². The number of benzene rings is 2. The first-order valence-corrected chi connectivity index (χ1v) is 11.5. The predicted octanol–water partition coefficient (Wildman–Crippen LogP) is 3.30. The lowest BCUT2D eigenvalue weighted by Gasteiger charge is -2.28. The molecule has 0 bridgehead atoms. The lowest BCUT2D eigenvalue weighted by Crippen LogP contribution is -2.39. The maximum atomic E-state index is 13.8. The van der Waals surface area contributed by atoms with Crippen LogP contribution >= 0.6 is 0 Å². The number of nitrogens with zero attached hydrogens (tertiary/aromatic N) is 5. The highest BCUT2D eigenvalue weighted by atomic mass is 16.5. The summed E-state index contributed by atoms with van der Waals surface area (Å²) < 4.78 is 8.61. The number of hydrogen-bond acceptors (Lipinski definition) is 5. The van der Waals surface area contributed by atoms with E-state index >= 15 is 0 Å². The second kappa shape index (κ2) is 9.23. The lowest BCUT2D eigenvalue weighted by molar-refractivity contribution is 0.0973. The first kappa shape index (κ1) is 22.6. The molecule has 0 radical (unpaired) electrons. The maximum absolute atomic E-state index is 13.8. The number of fused-ring (bicyclic) bond motifs is 1. The zero-order chi connectivity index (χ0) is 24.5. The highest BCUT2D eigenvalue weighted by Gasteiger charge is 2.33. The van der Waals surface area contributed by atoms with Crippen LogP contribution in [0.3, 0.4) is 0 Å². The van der Waals surface area contributed by atoms with Crippen LogP contribution in [0.5, 0.6) is 5.75 Å². The lowest BCUT2D eigenvalue weighted by atomic mass is 10.0. The molecule has 4 aromatic rings. The molecule has 1 aliphatic heterocycles. The fraction of sp³-hybridized carbons (Fsp3) is 0.222. The summed E-state index contributed by atoms with van der Waals surface area (Å²) in [5.74, 6) is 0.651. The van der Waals surface area contributed by atoms with Crippen molar-refractivity contribution in [3.63, 3.8) is 0 Å². The van der Waals surface area contributed by atoms with Crippen molar-refractivity contribution in [1.29, 1.82) is 0 Å². The first-order valence-electron chi connectivity index (χ1n) is 11.5. The van der Waals surface area contributed by atoms with Gasteiger partial charge < -0.3 is 14.5 Å². The Bertz CT molecular complexity index is 1420. The SMILES string of the molecule is COc1ccc(-n2nc(CN(C)C)c3c2C(=O)N(c2ccc(-n4ccccc4=O)cc2)CC3)cc1. The summed E-state index contributed by atoms with van der Waals surface area (Å²) >= 11 is 0. The predicted molar refractivity (Wildman–Crippen MR) is 135 cm³/mol. The van der Waals surface area contributed by atoms with Crippen LogP contribution in [0.25, 0.3) is 11.4 Å². The van der Waals surface area contributed by atoms with Gasteiger partial charge in [0.05, 0.1) is 18.5 Å². The van der Waals surface area contributed by atoms with E-state index in [0.717, 1.165) is 34.1 Å². The van der Waals surface area contributed by atoms with Gasteiger partial charge in [-0.05, 0) is 75.1 Å². The molecule has 178 valence electrons. The second-order valence-electron chi connectivity index (χ2n) is 8.75. The smallest absolute Gasteiger partial charge is 0.277 e. The van der Waals surface area contributed by atoms with E-state index in [2.05, 4.69) is 4.90 Å². The van der Waals surface area contributed by atoms with Gasteiger partial charge in [0.15, 0.2) is 0 Å². The third-order valence-electron chi connectivity index (χ3n) is 6.14. The first-order chi connectivity index (χ1) is 17.0. The molecule has 0 saturated carbocycles. The van der Waals surface area contributed by atoms with Gasteiger partial charge in [-0.1, -0.05) is 6.07 Å². The van der Waals surface area contributed by atoms with Crippen molar-refractivity contribution < 1.29 is 9.53 Å². The topological polar surface area (TPSA) is 72.6 Å². The van der Waals surface area contributed by atoms with Gasteiger partial charge >= 0.3 is 0 Å². The number of methoxy groups -OCH3 is 1. The molecule has 0 fully saturated rings. The van der Waals surface area contributed by atoms with Gasteiger partial charge in [0.25, 0.3) is 11.5 Å². The normalized spacial score (nSPS) is 13.3. The Morgan fingerprint density at radius 1 is 0.914 bits per heavy atom. The number of carbonyl (C=O) groups excluding carboxylic acids is 1. The Morgan fingerprint density at radius 2 is 1.60 bits per heavy atom. The molecule has 0 spiro atoms. The Labute approximate surface area is 203 Å². The minimum absolute atomic E-state index is 0.0933. The van der Waals surface area contributed by atoms with Crippen molar-refractivity contribution in [3.8, 4) is 17.1 Å². The molecule has 2 aromatic heterocycles. The standard InChI is InChI=1S/C27H27N5O3/c1-29(2)18-24-23-15-17-31(20-9-7-19(8-10-20)30-16-5-4-6-25(30)33)27(34)26(23)32(28-24)21-11-13-22(35-3)14-12-21/h4-14,16H,15,17-18H2,1-3H3. The Morgan fingerprint density at radius 3 is 2.26 bits per heavy atom. The fourth-order valence-corrected chi connectivity index (χ4v) is 4.45. The van der Waals surface area contributed by atoms with E-state index in [1.165, 1.54) is 6.07 Å². The third-order valence-corrected chi connectivity index (χ3v) is 6.14. The number of pyridine rings is 1. The minimum Gasteiger partial charge on any atom is -0.497 e. The van der Waals surface area contributed by atoms with Crippen LogP contribution in [0.1, 0.15) is 21.7 Å². The number of ether oxygens (including phenoxy) is 1. The van der Waals surface area contributed by atoms with E-state index in [-0.39, 0.29) is 11.5 Å². The van der Waals surface area contributed by atoms with Gasteiger partial charge in [0.1, 0.15) is 11.4 Å². The highest BCUT2D eigenvalue weighted by molar-refractivity contribution is 6.07. The summed E-state index contributed by atoms with van der Waals surface area (Å²) in [5.41, 5.74) is 4.72. The van der Waals surface area contributed by atoms with Crippen molar-refractivity contribution in [3.05, 3.63) is 100 Å². The summed E-state index contributed by atoms with van der Waals surface area (Å²) in [6, 6.07) is 20.1. The van der Waals surface area contributed by atoms with Crippen LogP contribution in [0.4, 0.5) is 5.69 Å². The molecule has 0 aliphatic carbocycles. The van der Waals surface area contributed by atoms with Crippen molar-refractivity contribution in [1.82, 2.24) is 19.2 Å². The summed E-state index contributed by atoms with van der Waals surface area (Å²) in [6.45, 7) is 1.21. The van der Waals surface area contributed by atoms with Crippen molar-refractivity contribution in [2.24, 2.45) is 0 Å². The van der Waals surface area contributed by atoms with E-state index in [1.807, 2.05) is 68.7 Å². The molecular weight excluding hydrogens is 442 g/mol. The molecule has 0 unspecified atom stereocenters. The van der Waals surface area contributed by atoms with Crippen LogP contribution in [-0.2, 0) is 13.0 Å². The fourth-order valence-electron chi connectivity index (χ4n) is 4.45. The van der Waals surface area contributed by atoms with Gasteiger partial charge in [-0.3, -0.25) is 14.2 Å². The van der Waals surface area contributed by atoms with Crippen LogP contribution in [0, 0.1) is 0 Å². The molecule has 3 heterocycles. The summed E-state index contributed by atoms with van der Waals surface area (Å²) in [5, 5.41) is 4.85. The molecule has 0 atom stereocenters. The maximum Gasteiger partial charge on any atom is 0.277 e. The molecule has 1 aliphatic rings. The molecule has 35 heavy (non-hydrogen) atoms. The molecule has 2 aromatic carbocycles. The minimum atomic E-state index is -0.101. The molecule has 0 saturated heterocycles.